The smallest absolute Gasteiger partial charge is 0.122 e. The van der Waals surface area contributed by atoms with Gasteiger partial charge in [-0.3, -0.25) is 0 Å². The molecular formula is C32H40O4. The van der Waals surface area contributed by atoms with Crippen LogP contribution in [0.1, 0.15) is 69.1 Å². The number of epoxide rings is 2. The maximum atomic E-state index is 6.20. The van der Waals surface area contributed by atoms with Crippen LogP contribution in [0.25, 0.3) is 11.1 Å². The highest BCUT2D eigenvalue weighted by molar-refractivity contribution is 5.78. The summed E-state index contributed by atoms with van der Waals surface area (Å²) >= 11 is 0. The third kappa shape index (κ3) is 7.02. The van der Waals surface area contributed by atoms with Gasteiger partial charge in [-0.05, 0) is 77.3 Å². The van der Waals surface area contributed by atoms with Crippen LogP contribution < -0.4 is 9.47 Å². The molecule has 2 aromatic carbocycles. The zero-order valence-corrected chi connectivity index (χ0v) is 21.8. The molecule has 0 radical (unpaired) electrons. The molecule has 2 saturated heterocycles. The molecule has 192 valence electrons. The molecule has 0 bridgehead atoms. The summed E-state index contributed by atoms with van der Waals surface area (Å²) in [7, 11) is 0. The summed E-state index contributed by atoms with van der Waals surface area (Å²) in [5, 5.41) is 0. The summed E-state index contributed by atoms with van der Waals surface area (Å²) in [4.78, 5) is 0. The first-order valence-corrected chi connectivity index (χ1v) is 13.8. The van der Waals surface area contributed by atoms with Gasteiger partial charge in [0.05, 0.1) is 13.2 Å². The lowest BCUT2D eigenvalue weighted by Crippen LogP contribution is -2.09. The second kappa shape index (κ2) is 12.1. The second-order valence-corrected chi connectivity index (χ2v) is 10.4. The lowest BCUT2D eigenvalue weighted by molar-refractivity contribution is 0.260. The minimum Gasteiger partial charge on any atom is -0.491 e. The van der Waals surface area contributed by atoms with E-state index in [-0.39, 0.29) is 12.2 Å². The van der Waals surface area contributed by atoms with Crippen molar-refractivity contribution in [2.45, 2.75) is 71.0 Å². The SMILES string of the molecule is CCCCC(CC)Cc1cc(C2=CC=C(c3ccc(OCC4CO4)cc3)CC2)ccc1OCC1CO1. The maximum Gasteiger partial charge on any atom is 0.122 e. The number of allylic oxidation sites excluding steroid dienone is 4. The summed E-state index contributed by atoms with van der Waals surface area (Å²) in [5.74, 6) is 2.65. The van der Waals surface area contributed by atoms with Crippen molar-refractivity contribution in [3.63, 3.8) is 0 Å². The lowest BCUT2D eigenvalue weighted by atomic mass is 9.87. The Morgan fingerprint density at radius 1 is 0.833 bits per heavy atom. The molecule has 3 atom stereocenters. The monoisotopic (exact) mass is 488 g/mol. The van der Waals surface area contributed by atoms with Crippen LogP contribution in [0.3, 0.4) is 0 Å². The van der Waals surface area contributed by atoms with Crippen molar-refractivity contribution in [3.05, 3.63) is 71.3 Å². The molecule has 2 fully saturated rings. The molecule has 36 heavy (non-hydrogen) atoms. The van der Waals surface area contributed by atoms with E-state index in [0.717, 1.165) is 44.0 Å². The molecule has 0 N–H and O–H groups in total. The fraction of sp³-hybridized carbons (Fsp3) is 0.500. The highest BCUT2D eigenvalue weighted by atomic mass is 16.6. The summed E-state index contributed by atoms with van der Waals surface area (Å²) in [6.07, 6.45) is 13.4. The summed E-state index contributed by atoms with van der Waals surface area (Å²) in [6.45, 7) is 7.55. The maximum absolute atomic E-state index is 6.20. The zero-order valence-electron chi connectivity index (χ0n) is 21.8. The summed E-state index contributed by atoms with van der Waals surface area (Å²) < 4.78 is 22.6. The summed E-state index contributed by atoms with van der Waals surface area (Å²) in [5.41, 5.74) is 6.73. The third-order valence-electron chi connectivity index (χ3n) is 7.52. The lowest BCUT2D eigenvalue weighted by Gasteiger charge is -2.20. The average molecular weight is 489 g/mol. The second-order valence-electron chi connectivity index (χ2n) is 10.4. The first-order valence-electron chi connectivity index (χ1n) is 13.8. The largest absolute Gasteiger partial charge is 0.491 e. The van der Waals surface area contributed by atoms with Crippen LogP contribution in [-0.4, -0.2) is 38.6 Å². The van der Waals surface area contributed by atoms with Gasteiger partial charge < -0.3 is 18.9 Å². The van der Waals surface area contributed by atoms with Crippen molar-refractivity contribution in [1.29, 1.82) is 0 Å². The van der Waals surface area contributed by atoms with E-state index >= 15 is 0 Å². The van der Waals surface area contributed by atoms with E-state index in [1.807, 2.05) is 0 Å². The molecule has 4 nitrogen and oxygen atoms in total. The Balaban J connectivity index is 1.29. The van der Waals surface area contributed by atoms with Gasteiger partial charge in [0.1, 0.15) is 36.9 Å². The topological polar surface area (TPSA) is 43.5 Å². The fourth-order valence-electron chi connectivity index (χ4n) is 4.92. The van der Waals surface area contributed by atoms with Crippen LogP contribution in [0.5, 0.6) is 11.5 Å². The summed E-state index contributed by atoms with van der Waals surface area (Å²) in [6, 6.07) is 15.3. The van der Waals surface area contributed by atoms with Gasteiger partial charge >= 0.3 is 0 Å². The Hall–Kier alpha value is -2.56. The Morgan fingerprint density at radius 3 is 2.08 bits per heavy atom. The van der Waals surface area contributed by atoms with E-state index in [2.05, 4.69) is 68.5 Å². The zero-order chi connectivity index (χ0) is 24.7. The number of hydrogen-bond acceptors (Lipinski definition) is 4. The van der Waals surface area contributed by atoms with Crippen LogP contribution in [-0.2, 0) is 15.9 Å². The van der Waals surface area contributed by atoms with E-state index in [0.29, 0.717) is 19.1 Å². The molecule has 0 saturated carbocycles. The Bertz CT molecular complexity index is 1060. The first kappa shape index (κ1) is 25.1. The Kier molecular flexibility index (Phi) is 8.45. The molecule has 0 amide bonds. The van der Waals surface area contributed by atoms with Crippen molar-refractivity contribution in [1.82, 2.24) is 0 Å². The van der Waals surface area contributed by atoms with Crippen LogP contribution >= 0.6 is 0 Å². The minimum absolute atomic E-state index is 0.275. The molecule has 4 heteroatoms. The number of ether oxygens (including phenoxy) is 4. The van der Waals surface area contributed by atoms with E-state index in [1.54, 1.807) is 0 Å². The molecule has 1 aliphatic carbocycles. The van der Waals surface area contributed by atoms with Gasteiger partial charge in [-0.1, -0.05) is 69.9 Å². The number of hydrogen-bond donors (Lipinski definition) is 0. The van der Waals surface area contributed by atoms with E-state index < -0.39 is 0 Å². The molecule has 3 unspecified atom stereocenters. The van der Waals surface area contributed by atoms with Gasteiger partial charge in [0, 0.05) is 0 Å². The van der Waals surface area contributed by atoms with Gasteiger partial charge in [-0.2, -0.15) is 0 Å². The first-order chi connectivity index (χ1) is 17.7. The Labute approximate surface area is 216 Å². The van der Waals surface area contributed by atoms with Crippen molar-refractivity contribution in [3.8, 4) is 11.5 Å². The molecule has 5 rings (SSSR count). The fourth-order valence-corrected chi connectivity index (χ4v) is 4.92. The van der Waals surface area contributed by atoms with Crippen molar-refractivity contribution >= 4 is 11.1 Å². The van der Waals surface area contributed by atoms with Crippen molar-refractivity contribution in [2.24, 2.45) is 5.92 Å². The highest BCUT2D eigenvalue weighted by Gasteiger charge is 2.24. The van der Waals surface area contributed by atoms with Gasteiger partial charge in [-0.15, -0.1) is 0 Å². The number of benzene rings is 2. The van der Waals surface area contributed by atoms with Gasteiger partial charge in [0.25, 0.3) is 0 Å². The standard InChI is InChI=1S/C32H40O4/c1-3-5-6-23(4-2)17-28-18-27(13-16-32(28)36-22-31-21-35-31)26-9-7-24(8-10-26)25-11-14-29(15-12-25)33-19-30-20-34-30/h7,9,11-16,18,23,30-31H,3-6,8,10,17,19-22H2,1-2H3. The van der Waals surface area contributed by atoms with Gasteiger partial charge in [0.2, 0.25) is 0 Å². The normalized spacial score (nSPS) is 21.4. The molecule has 0 spiro atoms. The van der Waals surface area contributed by atoms with Crippen LogP contribution in [0.2, 0.25) is 0 Å². The minimum atomic E-state index is 0.275. The molecule has 2 aliphatic heterocycles. The third-order valence-corrected chi connectivity index (χ3v) is 7.52. The molecule has 2 aromatic rings. The predicted molar refractivity (Wildman–Crippen MR) is 146 cm³/mol. The van der Waals surface area contributed by atoms with E-state index in [1.165, 1.54) is 53.5 Å². The molecule has 3 aliphatic rings. The van der Waals surface area contributed by atoms with Gasteiger partial charge in [-0.25, -0.2) is 0 Å². The van der Waals surface area contributed by atoms with E-state index in [4.69, 9.17) is 18.9 Å². The highest BCUT2D eigenvalue weighted by Crippen LogP contribution is 2.35. The van der Waals surface area contributed by atoms with Crippen molar-refractivity contribution < 1.29 is 18.9 Å². The quantitative estimate of drug-likeness (QED) is 0.263. The number of unbranched alkanes of at least 4 members (excludes halogenated alkanes) is 1. The van der Waals surface area contributed by atoms with Crippen LogP contribution in [0, 0.1) is 5.92 Å². The predicted octanol–water partition coefficient (Wildman–Crippen LogP) is 7.26. The van der Waals surface area contributed by atoms with Crippen molar-refractivity contribution in [2.75, 3.05) is 26.4 Å². The molecule has 0 aromatic heterocycles. The average Bonchev–Trinajstić information content (AvgIpc) is 3.85. The van der Waals surface area contributed by atoms with Crippen LogP contribution in [0.15, 0.2) is 54.6 Å². The Morgan fingerprint density at radius 2 is 1.47 bits per heavy atom. The number of rotatable bonds is 14. The van der Waals surface area contributed by atoms with Gasteiger partial charge in [0.15, 0.2) is 0 Å². The van der Waals surface area contributed by atoms with E-state index in [9.17, 15) is 0 Å². The molecule has 2 heterocycles. The van der Waals surface area contributed by atoms with Crippen LogP contribution in [0.4, 0.5) is 0 Å². The molecular weight excluding hydrogens is 448 g/mol.